The predicted molar refractivity (Wildman–Crippen MR) is 110 cm³/mol. The number of nitrogens with one attached hydrogen (secondary N) is 1. The number of likely N-dealkylation sites (N-methyl/N-ethyl adjacent to an activating group) is 1. The molecular formula is C21H31N5O3. The quantitative estimate of drug-likeness (QED) is 0.751. The van der Waals surface area contributed by atoms with Crippen molar-refractivity contribution in [3.05, 3.63) is 29.3 Å². The van der Waals surface area contributed by atoms with E-state index in [1.165, 1.54) is 16.0 Å². The molecule has 8 nitrogen and oxygen atoms in total. The molecule has 0 spiro atoms. The number of rotatable bonds is 5. The van der Waals surface area contributed by atoms with Gasteiger partial charge in [0.2, 0.25) is 0 Å². The summed E-state index contributed by atoms with van der Waals surface area (Å²) in [7, 11) is 1.77. The van der Waals surface area contributed by atoms with Crippen molar-refractivity contribution in [2.24, 2.45) is 0 Å². The van der Waals surface area contributed by atoms with Gasteiger partial charge in [0.25, 0.3) is 5.91 Å². The molecule has 3 unspecified atom stereocenters. The first-order valence-corrected chi connectivity index (χ1v) is 10.5. The van der Waals surface area contributed by atoms with Crippen LogP contribution in [0.2, 0.25) is 0 Å². The molecule has 4 rings (SSSR count). The van der Waals surface area contributed by atoms with Crippen LogP contribution in [0, 0.1) is 13.8 Å². The normalized spacial score (nSPS) is 27.4. The molecular weight excluding hydrogens is 370 g/mol. The van der Waals surface area contributed by atoms with Crippen molar-refractivity contribution in [2.45, 2.75) is 45.7 Å². The van der Waals surface area contributed by atoms with Crippen LogP contribution < -0.4 is 10.2 Å². The van der Waals surface area contributed by atoms with Gasteiger partial charge in [0.05, 0.1) is 13.2 Å². The Morgan fingerprint density at radius 1 is 1.17 bits per heavy atom. The highest BCUT2D eigenvalue weighted by molar-refractivity contribution is 6.00. The van der Waals surface area contributed by atoms with E-state index in [2.05, 4.69) is 47.2 Å². The number of hydrogen-bond acceptors (Lipinski definition) is 6. The molecule has 3 heterocycles. The minimum atomic E-state index is -0.376. The van der Waals surface area contributed by atoms with Crippen LogP contribution in [0.5, 0.6) is 0 Å². The standard InChI is InChI=1S/C21H31N5O3/c1-5-29-12-11-26-19(27)17-18(23(4)21(26)28)22-20-24(9-6-10-25(17)20)16-8-7-14(2)15(3)13-16/h7-8,13,17-18,20,22H,5-6,9-12H2,1-4H3. The van der Waals surface area contributed by atoms with Crippen LogP contribution in [-0.2, 0) is 9.53 Å². The Kier molecular flexibility index (Phi) is 5.50. The predicted octanol–water partition coefficient (Wildman–Crippen LogP) is 1.33. The molecule has 3 amide bonds. The number of carbonyl (C=O) groups excluding carboxylic acids is 2. The SMILES string of the molecule is CCOCCN1C(=O)C2C(NC3N(c4ccc(C)c(C)c4)CCCN23)N(C)C1=O. The molecule has 0 aromatic heterocycles. The summed E-state index contributed by atoms with van der Waals surface area (Å²) < 4.78 is 5.38. The summed E-state index contributed by atoms with van der Waals surface area (Å²) in [6.07, 6.45) is 0.542. The zero-order valence-electron chi connectivity index (χ0n) is 17.7. The third-order valence-electron chi connectivity index (χ3n) is 6.36. The lowest BCUT2D eigenvalue weighted by Crippen LogP contribution is -2.66. The van der Waals surface area contributed by atoms with Gasteiger partial charge in [0.1, 0.15) is 18.5 Å². The summed E-state index contributed by atoms with van der Waals surface area (Å²) in [4.78, 5) is 33.6. The zero-order chi connectivity index (χ0) is 20.7. The molecule has 3 aliphatic heterocycles. The number of aryl methyl sites for hydroxylation is 2. The fraction of sp³-hybridized carbons (Fsp3) is 0.619. The Labute approximate surface area is 172 Å². The summed E-state index contributed by atoms with van der Waals surface area (Å²) in [5, 5.41) is 3.55. The first kappa shape index (κ1) is 20.1. The molecule has 3 fully saturated rings. The second-order valence-electron chi connectivity index (χ2n) is 8.06. The van der Waals surface area contributed by atoms with Crippen molar-refractivity contribution in [1.82, 2.24) is 20.0 Å². The molecule has 1 aromatic carbocycles. The lowest BCUT2D eigenvalue weighted by Gasteiger charge is -2.44. The summed E-state index contributed by atoms with van der Waals surface area (Å²) >= 11 is 0. The van der Waals surface area contributed by atoms with E-state index in [-0.39, 0.29) is 30.4 Å². The molecule has 3 atom stereocenters. The maximum atomic E-state index is 13.3. The topological polar surface area (TPSA) is 68.4 Å². The molecule has 3 aliphatic rings. The van der Waals surface area contributed by atoms with E-state index in [1.807, 2.05) is 6.92 Å². The average Bonchev–Trinajstić information content (AvgIpc) is 3.11. The summed E-state index contributed by atoms with van der Waals surface area (Å²) in [6, 6.07) is 5.84. The second kappa shape index (κ2) is 7.93. The van der Waals surface area contributed by atoms with Gasteiger partial charge in [-0.1, -0.05) is 6.07 Å². The van der Waals surface area contributed by atoms with Gasteiger partial charge in [0, 0.05) is 32.4 Å². The Bertz CT molecular complexity index is 801. The van der Waals surface area contributed by atoms with Gasteiger partial charge in [-0.15, -0.1) is 0 Å². The van der Waals surface area contributed by atoms with Crippen LogP contribution in [-0.4, -0.2) is 85.0 Å². The van der Waals surface area contributed by atoms with E-state index >= 15 is 0 Å². The molecule has 29 heavy (non-hydrogen) atoms. The first-order valence-electron chi connectivity index (χ1n) is 10.5. The van der Waals surface area contributed by atoms with E-state index < -0.39 is 0 Å². The van der Waals surface area contributed by atoms with Gasteiger partial charge in [-0.3, -0.25) is 19.9 Å². The van der Waals surface area contributed by atoms with Crippen LogP contribution in [0.15, 0.2) is 18.2 Å². The fourth-order valence-corrected chi connectivity index (χ4v) is 4.59. The maximum Gasteiger partial charge on any atom is 0.327 e. The molecule has 8 heteroatoms. The molecule has 158 valence electrons. The molecule has 1 N–H and O–H groups in total. The van der Waals surface area contributed by atoms with Gasteiger partial charge in [-0.05, 0) is 50.5 Å². The molecule has 3 saturated heterocycles. The van der Waals surface area contributed by atoms with Crippen molar-refractivity contribution in [3.63, 3.8) is 0 Å². The first-order chi connectivity index (χ1) is 13.9. The van der Waals surface area contributed by atoms with Crippen molar-refractivity contribution < 1.29 is 14.3 Å². The molecule has 0 aliphatic carbocycles. The number of amides is 3. The van der Waals surface area contributed by atoms with Crippen LogP contribution in [0.25, 0.3) is 0 Å². The number of ether oxygens (including phenoxy) is 1. The molecule has 0 radical (unpaired) electrons. The Morgan fingerprint density at radius 2 is 1.97 bits per heavy atom. The average molecular weight is 402 g/mol. The number of hydrogen-bond donors (Lipinski definition) is 1. The Hall–Kier alpha value is -2.16. The van der Waals surface area contributed by atoms with E-state index in [0.717, 1.165) is 25.2 Å². The summed E-state index contributed by atoms with van der Waals surface area (Å²) in [5.74, 6) is -0.130. The van der Waals surface area contributed by atoms with Gasteiger partial charge in [-0.25, -0.2) is 4.79 Å². The maximum absolute atomic E-state index is 13.3. The number of imide groups is 1. The Balaban J connectivity index is 1.60. The Morgan fingerprint density at radius 3 is 2.69 bits per heavy atom. The number of urea groups is 1. The van der Waals surface area contributed by atoms with Crippen molar-refractivity contribution in [3.8, 4) is 0 Å². The van der Waals surface area contributed by atoms with Gasteiger partial charge in [-0.2, -0.15) is 0 Å². The number of carbonyl (C=O) groups is 2. The minimum Gasteiger partial charge on any atom is -0.380 e. The van der Waals surface area contributed by atoms with Crippen LogP contribution in [0.4, 0.5) is 10.5 Å². The number of fused-ring (bicyclic) bond motifs is 3. The van der Waals surface area contributed by atoms with E-state index in [0.29, 0.717) is 19.8 Å². The smallest absolute Gasteiger partial charge is 0.327 e. The van der Waals surface area contributed by atoms with Gasteiger partial charge >= 0.3 is 6.03 Å². The van der Waals surface area contributed by atoms with E-state index in [1.54, 1.807) is 11.9 Å². The fourth-order valence-electron chi connectivity index (χ4n) is 4.59. The minimum absolute atomic E-state index is 0.105. The summed E-state index contributed by atoms with van der Waals surface area (Å²) in [6.45, 7) is 9.10. The highest BCUT2D eigenvalue weighted by Crippen LogP contribution is 2.33. The monoisotopic (exact) mass is 401 g/mol. The lowest BCUT2D eigenvalue weighted by atomic mass is 10.1. The van der Waals surface area contributed by atoms with Crippen LogP contribution in [0.3, 0.4) is 0 Å². The number of benzene rings is 1. The van der Waals surface area contributed by atoms with Crippen molar-refractivity contribution >= 4 is 17.6 Å². The van der Waals surface area contributed by atoms with E-state index in [9.17, 15) is 9.59 Å². The van der Waals surface area contributed by atoms with Gasteiger partial charge < -0.3 is 14.5 Å². The number of anilines is 1. The van der Waals surface area contributed by atoms with Crippen molar-refractivity contribution in [2.75, 3.05) is 44.8 Å². The third kappa shape index (κ3) is 3.39. The molecule has 0 bridgehead atoms. The molecule has 0 saturated carbocycles. The molecule has 1 aromatic rings. The number of nitrogens with zero attached hydrogens (tertiary/aromatic N) is 4. The second-order valence-corrected chi connectivity index (χ2v) is 8.06. The lowest BCUT2D eigenvalue weighted by molar-refractivity contribution is -0.139. The van der Waals surface area contributed by atoms with E-state index in [4.69, 9.17) is 4.74 Å². The summed E-state index contributed by atoms with van der Waals surface area (Å²) in [5.41, 5.74) is 3.66. The van der Waals surface area contributed by atoms with Gasteiger partial charge in [0.15, 0.2) is 0 Å². The largest absolute Gasteiger partial charge is 0.380 e. The highest BCUT2D eigenvalue weighted by atomic mass is 16.5. The van der Waals surface area contributed by atoms with Crippen LogP contribution >= 0.6 is 0 Å². The van der Waals surface area contributed by atoms with Crippen molar-refractivity contribution in [1.29, 1.82) is 0 Å². The highest BCUT2D eigenvalue weighted by Gasteiger charge is 2.55. The van der Waals surface area contributed by atoms with Crippen LogP contribution in [0.1, 0.15) is 24.5 Å². The zero-order valence-corrected chi connectivity index (χ0v) is 17.7. The third-order valence-corrected chi connectivity index (χ3v) is 6.36.